The molecule has 0 bridgehead atoms. The van der Waals surface area contributed by atoms with Gasteiger partial charge in [0.1, 0.15) is 6.04 Å². The number of nitrogens with one attached hydrogen (secondary N) is 1. The molecule has 3 rings (SSSR count). The molecule has 19 heavy (non-hydrogen) atoms. The number of hydrogen-bond acceptors (Lipinski definition) is 2. The average Bonchev–Trinajstić information content (AvgIpc) is 3.04. The first kappa shape index (κ1) is 12.5. The fourth-order valence-corrected chi connectivity index (χ4v) is 3.34. The zero-order chi connectivity index (χ0) is 13.2. The molecule has 1 amide bonds. The van der Waals surface area contributed by atoms with Crippen molar-refractivity contribution >= 4 is 11.6 Å². The van der Waals surface area contributed by atoms with E-state index in [1.165, 1.54) is 24.8 Å². The number of fused-ring (bicyclic) bond motifs is 1. The molecule has 2 aliphatic rings. The molecule has 1 saturated heterocycles. The van der Waals surface area contributed by atoms with E-state index in [-0.39, 0.29) is 11.9 Å². The molecule has 1 fully saturated rings. The van der Waals surface area contributed by atoms with Gasteiger partial charge >= 0.3 is 0 Å². The summed E-state index contributed by atoms with van der Waals surface area (Å²) in [5, 5.41) is 3.37. The fourth-order valence-electron chi connectivity index (χ4n) is 3.34. The highest BCUT2D eigenvalue weighted by Crippen LogP contribution is 2.28. The summed E-state index contributed by atoms with van der Waals surface area (Å²) < 4.78 is 0. The van der Waals surface area contributed by atoms with Gasteiger partial charge in [0, 0.05) is 25.2 Å². The monoisotopic (exact) mass is 258 g/mol. The Morgan fingerprint density at radius 2 is 2.26 bits per heavy atom. The van der Waals surface area contributed by atoms with Gasteiger partial charge in [0.05, 0.1) is 0 Å². The summed E-state index contributed by atoms with van der Waals surface area (Å²) in [6.45, 7) is 4.12. The van der Waals surface area contributed by atoms with Crippen LogP contribution in [-0.2, 0) is 11.2 Å². The Labute approximate surface area is 115 Å². The predicted octanol–water partition coefficient (Wildman–Crippen LogP) is 2.67. The minimum Gasteiger partial charge on any atom is -0.373 e. The molecule has 102 valence electrons. The van der Waals surface area contributed by atoms with E-state index in [0.29, 0.717) is 0 Å². The lowest BCUT2D eigenvalue weighted by Gasteiger charge is -2.21. The first-order valence-corrected chi connectivity index (χ1v) is 7.41. The van der Waals surface area contributed by atoms with Crippen LogP contribution in [0.2, 0.25) is 0 Å². The number of amides is 1. The normalized spacial score (nSPS) is 25.2. The van der Waals surface area contributed by atoms with E-state index in [1.807, 2.05) is 12.1 Å². The Balaban J connectivity index is 1.61. The highest BCUT2D eigenvalue weighted by atomic mass is 16.2. The quantitative estimate of drug-likeness (QED) is 0.904. The highest BCUT2D eigenvalue weighted by molar-refractivity contribution is 5.87. The van der Waals surface area contributed by atoms with E-state index in [1.54, 1.807) is 0 Å². The van der Waals surface area contributed by atoms with Crippen molar-refractivity contribution in [3.8, 4) is 0 Å². The summed E-state index contributed by atoms with van der Waals surface area (Å²) in [5.41, 5.74) is 2.40. The summed E-state index contributed by atoms with van der Waals surface area (Å²) in [4.78, 5) is 14.6. The van der Waals surface area contributed by atoms with E-state index in [9.17, 15) is 4.79 Å². The molecule has 1 aromatic rings. The van der Waals surface area contributed by atoms with Gasteiger partial charge < -0.3 is 10.2 Å². The van der Waals surface area contributed by atoms with Gasteiger partial charge in [-0.1, -0.05) is 31.5 Å². The van der Waals surface area contributed by atoms with Gasteiger partial charge in [-0.25, -0.2) is 0 Å². The molecule has 3 nitrogen and oxygen atoms in total. The third-order valence-electron chi connectivity index (χ3n) is 4.36. The summed E-state index contributed by atoms with van der Waals surface area (Å²) >= 11 is 0. The molecule has 3 heteroatoms. The number of anilines is 1. The first-order chi connectivity index (χ1) is 9.28. The number of para-hydroxylation sites is 1. The minimum atomic E-state index is -0.0437. The van der Waals surface area contributed by atoms with Crippen LogP contribution in [0.15, 0.2) is 24.3 Å². The van der Waals surface area contributed by atoms with Crippen LogP contribution in [0.4, 0.5) is 5.69 Å². The Bertz CT molecular complexity index is 447. The second-order valence-corrected chi connectivity index (χ2v) is 5.79. The Morgan fingerprint density at radius 3 is 3.05 bits per heavy atom. The Kier molecular flexibility index (Phi) is 3.45. The molecule has 0 aromatic heterocycles. The maximum atomic E-state index is 12.5. The van der Waals surface area contributed by atoms with Crippen LogP contribution in [0.1, 0.15) is 31.7 Å². The molecular formula is C16H22N2O. The molecule has 0 radical (unpaired) electrons. The molecule has 2 atom stereocenters. The standard InChI is InChI=1S/C16H22N2O/c1-2-5-12-8-9-18(11-12)16(19)15-10-13-6-3-4-7-14(13)17-15/h3-4,6-7,12,15,17H,2,5,8-11H2,1H3/t12?,15-/m0/s1. The van der Waals surface area contributed by atoms with Crippen LogP contribution in [0, 0.1) is 5.92 Å². The van der Waals surface area contributed by atoms with Crippen LogP contribution in [-0.4, -0.2) is 29.9 Å². The Hall–Kier alpha value is -1.51. The number of carbonyl (C=O) groups excluding carboxylic acids is 1. The molecule has 1 unspecified atom stereocenters. The summed E-state index contributed by atoms with van der Waals surface area (Å²) in [6.07, 6.45) is 4.49. The van der Waals surface area contributed by atoms with E-state index < -0.39 is 0 Å². The van der Waals surface area contributed by atoms with Crippen LogP contribution in [0.3, 0.4) is 0 Å². The second kappa shape index (κ2) is 5.24. The zero-order valence-electron chi connectivity index (χ0n) is 11.6. The second-order valence-electron chi connectivity index (χ2n) is 5.79. The van der Waals surface area contributed by atoms with E-state index in [0.717, 1.165) is 31.1 Å². The number of nitrogens with zero attached hydrogens (tertiary/aromatic N) is 1. The van der Waals surface area contributed by atoms with Crippen LogP contribution < -0.4 is 5.32 Å². The molecule has 2 aliphatic heterocycles. The van der Waals surface area contributed by atoms with Gasteiger partial charge in [-0.15, -0.1) is 0 Å². The molecule has 1 aromatic carbocycles. The van der Waals surface area contributed by atoms with E-state index >= 15 is 0 Å². The van der Waals surface area contributed by atoms with Gasteiger partial charge in [0.15, 0.2) is 0 Å². The van der Waals surface area contributed by atoms with Crippen molar-refractivity contribution in [2.24, 2.45) is 5.92 Å². The van der Waals surface area contributed by atoms with Crippen molar-refractivity contribution in [3.63, 3.8) is 0 Å². The van der Waals surface area contributed by atoms with Crippen molar-refractivity contribution in [3.05, 3.63) is 29.8 Å². The molecule has 2 heterocycles. The highest BCUT2D eigenvalue weighted by Gasteiger charge is 2.33. The zero-order valence-corrected chi connectivity index (χ0v) is 11.6. The van der Waals surface area contributed by atoms with Crippen molar-refractivity contribution in [1.82, 2.24) is 4.90 Å². The third-order valence-corrected chi connectivity index (χ3v) is 4.36. The van der Waals surface area contributed by atoms with Crippen LogP contribution in [0.25, 0.3) is 0 Å². The lowest BCUT2D eigenvalue weighted by molar-refractivity contribution is -0.130. The van der Waals surface area contributed by atoms with Crippen LogP contribution in [0.5, 0.6) is 0 Å². The largest absolute Gasteiger partial charge is 0.373 e. The smallest absolute Gasteiger partial charge is 0.245 e. The first-order valence-electron chi connectivity index (χ1n) is 7.41. The van der Waals surface area contributed by atoms with Gasteiger partial charge in [0.2, 0.25) is 5.91 Å². The van der Waals surface area contributed by atoms with E-state index in [4.69, 9.17) is 0 Å². The van der Waals surface area contributed by atoms with Crippen molar-refractivity contribution in [1.29, 1.82) is 0 Å². The maximum absolute atomic E-state index is 12.5. The molecular weight excluding hydrogens is 236 g/mol. The summed E-state index contributed by atoms with van der Waals surface area (Å²) in [7, 11) is 0. The lowest BCUT2D eigenvalue weighted by atomic mass is 10.0. The van der Waals surface area contributed by atoms with Gasteiger partial charge in [-0.3, -0.25) is 4.79 Å². The SMILES string of the molecule is CCCC1CCN(C(=O)[C@@H]2Cc3ccccc3N2)C1. The lowest BCUT2D eigenvalue weighted by Crippen LogP contribution is -2.40. The topological polar surface area (TPSA) is 32.3 Å². The number of likely N-dealkylation sites (tertiary alicyclic amines) is 1. The predicted molar refractivity (Wildman–Crippen MR) is 77.2 cm³/mol. The minimum absolute atomic E-state index is 0.0437. The molecule has 0 saturated carbocycles. The number of rotatable bonds is 3. The van der Waals surface area contributed by atoms with Gasteiger partial charge in [-0.05, 0) is 30.4 Å². The maximum Gasteiger partial charge on any atom is 0.245 e. The van der Waals surface area contributed by atoms with Crippen molar-refractivity contribution < 1.29 is 4.79 Å². The van der Waals surface area contributed by atoms with Crippen molar-refractivity contribution in [2.75, 3.05) is 18.4 Å². The number of benzene rings is 1. The van der Waals surface area contributed by atoms with E-state index in [2.05, 4.69) is 29.3 Å². The van der Waals surface area contributed by atoms with Crippen molar-refractivity contribution in [2.45, 2.75) is 38.6 Å². The average molecular weight is 258 g/mol. The molecule has 0 aliphatic carbocycles. The van der Waals surface area contributed by atoms with Gasteiger partial charge in [0.25, 0.3) is 0 Å². The van der Waals surface area contributed by atoms with Crippen LogP contribution >= 0.6 is 0 Å². The molecule has 1 N–H and O–H groups in total. The Morgan fingerprint density at radius 1 is 1.42 bits per heavy atom. The molecule has 0 spiro atoms. The third kappa shape index (κ3) is 2.46. The fraction of sp³-hybridized carbons (Fsp3) is 0.562. The number of carbonyl (C=O) groups is 1. The number of hydrogen-bond donors (Lipinski definition) is 1. The summed E-state index contributed by atoms with van der Waals surface area (Å²) in [6, 6.07) is 8.19. The van der Waals surface area contributed by atoms with Gasteiger partial charge in [-0.2, -0.15) is 0 Å². The summed E-state index contributed by atoms with van der Waals surface area (Å²) in [5.74, 6) is 1.01.